The van der Waals surface area contributed by atoms with Crippen molar-refractivity contribution in [2.24, 2.45) is 11.8 Å². The fraction of sp³-hybridized carbons (Fsp3) is 0.500. The highest BCUT2D eigenvalue weighted by Gasteiger charge is 2.47. The number of hydrogen-bond acceptors (Lipinski definition) is 5. The van der Waals surface area contributed by atoms with Crippen molar-refractivity contribution < 1.29 is 14.3 Å². The number of amides is 2. The molecular weight excluding hydrogens is 330 g/mol. The minimum Gasteiger partial charge on any atom is -0.495 e. The number of benzene rings is 1. The van der Waals surface area contributed by atoms with Crippen molar-refractivity contribution >= 4 is 17.5 Å². The zero-order chi connectivity index (χ0) is 18.1. The van der Waals surface area contributed by atoms with Gasteiger partial charge >= 0.3 is 0 Å². The fourth-order valence-electron chi connectivity index (χ4n) is 4.23. The number of piperazine rings is 1. The van der Waals surface area contributed by atoms with Crippen molar-refractivity contribution in [3.05, 3.63) is 36.4 Å². The molecule has 2 heterocycles. The summed E-state index contributed by atoms with van der Waals surface area (Å²) in [6.07, 6.45) is 5.46. The molecule has 6 heteroatoms. The normalized spacial score (nSPS) is 26.3. The van der Waals surface area contributed by atoms with Gasteiger partial charge in [-0.25, -0.2) is 0 Å². The standard InChI is InChI=1S/C20H25N3O3/c1-26-18-9-5-4-8-17(18)22-12-10-21(11-13-22)14-23-19(24)15-6-2-3-7-16(15)20(23)25/h2-5,8-9,15-16H,6-7,10-14H2,1H3/t15-,16+. The second-order valence-corrected chi connectivity index (χ2v) is 7.18. The second-order valence-electron chi connectivity index (χ2n) is 7.18. The third-order valence-electron chi connectivity index (χ3n) is 5.74. The molecule has 1 aliphatic carbocycles. The Morgan fingerprint density at radius 2 is 1.58 bits per heavy atom. The number of ether oxygens (including phenoxy) is 1. The number of carbonyl (C=O) groups excluding carboxylic acids is 2. The van der Waals surface area contributed by atoms with Crippen molar-refractivity contribution in [1.29, 1.82) is 0 Å². The zero-order valence-corrected chi connectivity index (χ0v) is 15.1. The van der Waals surface area contributed by atoms with Crippen molar-refractivity contribution in [2.75, 3.05) is 44.9 Å². The topological polar surface area (TPSA) is 53.1 Å². The molecule has 4 rings (SSSR count). The monoisotopic (exact) mass is 355 g/mol. The van der Waals surface area contributed by atoms with Crippen LogP contribution in [0.5, 0.6) is 5.75 Å². The molecule has 0 radical (unpaired) electrons. The number of fused-ring (bicyclic) bond motifs is 1. The first kappa shape index (κ1) is 17.1. The number of imide groups is 1. The predicted octanol–water partition coefficient (Wildman–Crippen LogP) is 1.73. The lowest BCUT2D eigenvalue weighted by Gasteiger charge is -2.37. The Bertz CT molecular complexity index is 699. The predicted molar refractivity (Wildman–Crippen MR) is 98.9 cm³/mol. The van der Waals surface area contributed by atoms with E-state index >= 15 is 0 Å². The molecule has 0 saturated carbocycles. The Kier molecular flexibility index (Phi) is 4.68. The Labute approximate surface area is 154 Å². The summed E-state index contributed by atoms with van der Waals surface area (Å²) in [4.78, 5) is 31.2. The van der Waals surface area contributed by atoms with Gasteiger partial charge in [0.25, 0.3) is 0 Å². The maximum atomic E-state index is 12.6. The number of methoxy groups -OCH3 is 1. The molecule has 2 fully saturated rings. The molecule has 0 N–H and O–H groups in total. The quantitative estimate of drug-likeness (QED) is 0.608. The first-order valence-electron chi connectivity index (χ1n) is 9.29. The molecule has 138 valence electrons. The van der Waals surface area contributed by atoms with Crippen LogP contribution in [0.25, 0.3) is 0 Å². The molecule has 2 aliphatic heterocycles. The lowest BCUT2D eigenvalue weighted by atomic mass is 9.85. The van der Waals surface area contributed by atoms with E-state index in [0.29, 0.717) is 19.5 Å². The number of carbonyl (C=O) groups is 2. The van der Waals surface area contributed by atoms with Crippen LogP contribution in [0.15, 0.2) is 36.4 Å². The van der Waals surface area contributed by atoms with Gasteiger partial charge in [-0.1, -0.05) is 24.3 Å². The molecule has 26 heavy (non-hydrogen) atoms. The summed E-state index contributed by atoms with van der Waals surface area (Å²) in [6.45, 7) is 3.77. The van der Waals surface area contributed by atoms with E-state index in [1.165, 1.54) is 4.90 Å². The Morgan fingerprint density at radius 3 is 2.19 bits per heavy atom. The molecule has 2 saturated heterocycles. The maximum absolute atomic E-state index is 12.6. The average Bonchev–Trinajstić information content (AvgIpc) is 2.94. The third-order valence-corrected chi connectivity index (χ3v) is 5.74. The number of nitrogens with zero attached hydrogens (tertiary/aromatic N) is 3. The summed E-state index contributed by atoms with van der Waals surface area (Å²) in [7, 11) is 1.69. The third kappa shape index (κ3) is 2.98. The first-order valence-corrected chi connectivity index (χ1v) is 9.29. The molecule has 2 amide bonds. The van der Waals surface area contributed by atoms with Gasteiger partial charge in [0.2, 0.25) is 11.8 Å². The average molecular weight is 355 g/mol. The molecule has 0 unspecified atom stereocenters. The summed E-state index contributed by atoms with van der Waals surface area (Å²) < 4.78 is 5.46. The smallest absolute Gasteiger partial charge is 0.234 e. The van der Waals surface area contributed by atoms with Gasteiger partial charge in [0.1, 0.15) is 5.75 Å². The van der Waals surface area contributed by atoms with E-state index in [0.717, 1.165) is 37.6 Å². The number of hydrogen-bond donors (Lipinski definition) is 0. The van der Waals surface area contributed by atoms with Gasteiger partial charge in [0.05, 0.1) is 31.3 Å². The van der Waals surface area contributed by atoms with Gasteiger partial charge in [-0.3, -0.25) is 19.4 Å². The van der Waals surface area contributed by atoms with Gasteiger partial charge in [-0.2, -0.15) is 0 Å². The Balaban J connectivity index is 1.37. The number of anilines is 1. The van der Waals surface area contributed by atoms with E-state index in [1.54, 1.807) is 7.11 Å². The highest BCUT2D eigenvalue weighted by atomic mass is 16.5. The highest BCUT2D eigenvalue weighted by Crippen LogP contribution is 2.35. The first-order chi connectivity index (χ1) is 12.7. The molecule has 2 atom stereocenters. The summed E-state index contributed by atoms with van der Waals surface area (Å²) >= 11 is 0. The molecule has 0 bridgehead atoms. The SMILES string of the molecule is COc1ccccc1N1CCN(CN2C(=O)[C@H]3CC=CC[C@H]3C2=O)CC1. The second kappa shape index (κ2) is 7.11. The number of allylic oxidation sites excluding steroid dienone is 2. The van der Waals surface area contributed by atoms with Crippen molar-refractivity contribution in [3.63, 3.8) is 0 Å². The van der Waals surface area contributed by atoms with Gasteiger partial charge in [-0.05, 0) is 25.0 Å². The van der Waals surface area contributed by atoms with Gasteiger partial charge in [0, 0.05) is 26.2 Å². The summed E-state index contributed by atoms with van der Waals surface area (Å²) in [5.41, 5.74) is 1.10. The zero-order valence-electron chi connectivity index (χ0n) is 15.1. The van der Waals surface area contributed by atoms with E-state index in [2.05, 4.69) is 15.9 Å². The number of likely N-dealkylation sites (tertiary alicyclic amines) is 1. The molecule has 1 aromatic rings. The van der Waals surface area contributed by atoms with Gasteiger partial charge < -0.3 is 9.64 Å². The summed E-state index contributed by atoms with van der Waals surface area (Å²) in [5.74, 6) is 0.625. The van der Waals surface area contributed by atoms with E-state index in [9.17, 15) is 9.59 Å². The minimum atomic E-state index is -0.137. The molecule has 6 nitrogen and oxygen atoms in total. The lowest BCUT2D eigenvalue weighted by Crippen LogP contribution is -2.51. The number of para-hydroxylation sites is 2. The van der Waals surface area contributed by atoms with E-state index in [4.69, 9.17) is 4.74 Å². The van der Waals surface area contributed by atoms with Crippen LogP contribution < -0.4 is 9.64 Å². The molecule has 1 aromatic carbocycles. The van der Waals surface area contributed by atoms with Crippen molar-refractivity contribution in [1.82, 2.24) is 9.80 Å². The molecule has 0 spiro atoms. The van der Waals surface area contributed by atoms with Crippen LogP contribution in [0.1, 0.15) is 12.8 Å². The van der Waals surface area contributed by atoms with Crippen LogP contribution in [-0.4, -0.2) is 61.6 Å². The van der Waals surface area contributed by atoms with E-state index in [-0.39, 0.29) is 23.7 Å². The Hall–Kier alpha value is -2.34. The fourth-order valence-corrected chi connectivity index (χ4v) is 4.23. The van der Waals surface area contributed by atoms with Crippen molar-refractivity contribution in [3.8, 4) is 5.75 Å². The molecule has 3 aliphatic rings. The van der Waals surface area contributed by atoms with Crippen LogP contribution in [0.3, 0.4) is 0 Å². The van der Waals surface area contributed by atoms with Gasteiger partial charge in [0.15, 0.2) is 0 Å². The summed E-state index contributed by atoms with van der Waals surface area (Å²) in [5, 5.41) is 0. The maximum Gasteiger partial charge on any atom is 0.234 e. The van der Waals surface area contributed by atoms with Crippen molar-refractivity contribution in [2.45, 2.75) is 12.8 Å². The minimum absolute atomic E-state index is 0.0107. The van der Waals surface area contributed by atoms with Crippen LogP contribution >= 0.6 is 0 Å². The largest absolute Gasteiger partial charge is 0.495 e. The Morgan fingerprint density at radius 1 is 0.962 bits per heavy atom. The lowest BCUT2D eigenvalue weighted by molar-refractivity contribution is -0.142. The van der Waals surface area contributed by atoms with Crippen LogP contribution in [0.4, 0.5) is 5.69 Å². The van der Waals surface area contributed by atoms with E-state index < -0.39 is 0 Å². The van der Waals surface area contributed by atoms with Crippen LogP contribution in [-0.2, 0) is 9.59 Å². The van der Waals surface area contributed by atoms with Crippen LogP contribution in [0, 0.1) is 11.8 Å². The molecule has 0 aromatic heterocycles. The summed E-state index contributed by atoms with van der Waals surface area (Å²) in [6, 6.07) is 8.03. The van der Waals surface area contributed by atoms with E-state index in [1.807, 2.05) is 30.4 Å². The number of rotatable bonds is 4. The highest BCUT2D eigenvalue weighted by molar-refractivity contribution is 6.05. The van der Waals surface area contributed by atoms with Gasteiger partial charge in [-0.15, -0.1) is 0 Å². The van der Waals surface area contributed by atoms with Crippen LogP contribution in [0.2, 0.25) is 0 Å². The molecular formula is C20H25N3O3.